The molecule has 7 aromatic carbocycles. The van der Waals surface area contributed by atoms with E-state index in [0.29, 0.717) is 11.8 Å². The van der Waals surface area contributed by atoms with Gasteiger partial charge in [-0.15, -0.1) is 0 Å². The molecule has 0 amide bonds. The van der Waals surface area contributed by atoms with Crippen LogP contribution in [-0.2, 0) is 11.8 Å². The number of hydrogen-bond acceptors (Lipinski definition) is 1. The number of rotatable bonds is 7. The van der Waals surface area contributed by atoms with Gasteiger partial charge in [0.05, 0.1) is 11.1 Å². The Hall–Kier alpha value is -6.25. The molecule has 2 heteroatoms. The number of aliphatic imine (C=N–C) groups is 1. The molecular formula is C53H48N2. The number of amidine groups is 1. The standard InChI is InChI=1S/C36H30.C17H18N2/c1-3-24-12-11-13-25(22-24)26-20-21-31-30-16-7-10-19-34(30)36(35(31)23-26)32-17-8-5-14-28(32)27(4-2)29-15-6-9-18-33(29)36;1-2-9-16(14-10-5-3-6-11-14)19-17(18)15-12-7-4-8-13-15/h5-23,27H,3-4H2,1-2H3;3-13H,2H2,1H3,(H2,18,19)/b;16-9-. The van der Waals surface area contributed by atoms with Gasteiger partial charge in [-0.05, 0) is 92.1 Å². The summed E-state index contributed by atoms with van der Waals surface area (Å²) >= 11 is 0. The van der Waals surface area contributed by atoms with Crippen molar-refractivity contribution in [2.45, 2.75) is 51.4 Å². The fourth-order valence-corrected chi connectivity index (χ4v) is 8.88. The fourth-order valence-electron chi connectivity index (χ4n) is 8.88. The minimum absolute atomic E-state index is 0.302. The number of fused-ring (bicyclic) bond motifs is 9. The van der Waals surface area contributed by atoms with Crippen LogP contribution in [0.15, 0.2) is 187 Å². The van der Waals surface area contributed by atoms with Crippen molar-refractivity contribution in [2.75, 3.05) is 0 Å². The average Bonchev–Trinajstić information content (AvgIpc) is 3.54. The smallest absolute Gasteiger partial charge is 0.131 e. The van der Waals surface area contributed by atoms with Crippen LogP contribution in [0.4, 0.5) is 0 Å². The number of aryl methyl sites for hydroxylation is 1. The maximum atomic E-state index is 6.07. The number of benzene rings is 7. The highest BCUT2D eigenvalue weighted by Gasteiger charge is 2.51. The van der Waals surface area contributed by atoms with E-state index in [1.807, 2.05) is 60.7 Å². The Labute approximate surface area is 326 Å². The van der Waals surface area contributed by atoms with Crippen LogP contribution in [0.5, 0.6) is 0 Å². The molecule has 2 N–H and O–H groups in total. The van der Waals surface area contributed by atoms with E-state index in [-0.39, 0.29) is 5.41 Å². The molecule has 1 spiro atoms. The normalized spacial score (nSPS) is 16.7. The molecule has 0 unspecified atom stereocenters. The zero-order valence-electron chi connectivity index (χ0n) is 32.0. The van der Waals surface area contributed by atoms with E-state index in [4.69, 9.17) is 5.73 Å². The molecule has 0 fully saturated rings. The maximum Gasteiger partial charge on any atom is 0.131 e. The Morgan fingerprint density at radius 2 is 1.11 bits per heavy atom. The van der Waals surface area contributed by atoms with Gasteiger partial charge in [0.2, 0.25) is 0 Å². The van der Waals surface area contributed by atoms with Gasteiger partial charge in [-0.1, -0.05) is 197 Å². The lowest BCUT2D eigenvalue weighted by molar-refractivity contribution is 0.649. The van der Waals surface area contributed by atoms with E-state index in [1.54, 1.807) is 0 Å². The minimum atomic E-state index is -0.302. The Kier molecular flexibility index (Phi) is 10.2. The van der Waals surface area contributed by atoms with Crippen molar-refractivity contribution in [3.8, 4) is 22.3 Å². The van der Waals surface area contributed by atoms with Crippen LogP contribution in [0.2, 0.25) is 0 Å². The monoisotopic (exact) mass is 712 g/mol. The second-order valence-corrected chi connectivity index (χ2v) is 14.5. The van der Waals surface area contributed by atoms with Gasteiger partial charge in [-0.3, -0.25) is 0 Å². The van der Waals surface area contributed by atoms with Gasteiger partial charge in [-0.2, -0.15) is 0 Å². The zero-order chi connectivity index (χ0) is 37.8. The van der Waals surface area contributed by atoms with E-state index in [0.717, 1.165) is 36.1 Å². The van der Waals surface area contributed by atoms with Crippen LogP contribution in [0.1, 0.15) is 89.6 Å². The van der Waals surface area contributed by atoms with Crippen molar-refractivity contribution >= 4 is 11.5 Å². The first-order chi connectivity index (χ1) is 27.1. The number of nitrogens with zero attached hydrogens (tertiary/aromatic N) is 1. The fraction of sp³-hybridized carbons (Fsp3) is 0.151. The third-order valence-corrected chi connectivity index (χ3v) is 11.4. The summed E-state index contributed by atoms with van der Waals surface area (Å²) in [6.45, 7) is 6.65. The lowest BCUT2D eigenvalue weighted by atomic mass is 9.59. The van der Waals surface area contributed by atoms with Gasteiger partial charge in [0.1, 0.15) is 5.84 Å². The molecule has 2 aliphatic carbocycles. The quantitative estimate of drug-likeness (QED) is 0.130. The van der Waals surface area contributed by atoms with Gasteiger partial charge >= 0.3 is 0 Å². The van der Waals surface area contributed by atoms with Crippen molar-refractivity contribution in [3.63, 3.8) is 0 Å². The molecule has 0 bridgehead atoms. The van der Waals surface area contributed by atoms with Crippen molar-refractivity contribution in [2.24, 2.45) is 10.7 Å². The number of nitrogens with two attached hydrogens (primary N) is 1. The van der Waals surface area contributed by atoms with E-state index in [1.165, 1.54) is 61.2 Å². The largest absolute Gasteiger partial charge is 0.383 e. The summed E-state index contributed by atoms with van der Waals surface area (Å²) in [6.07, 6.45) is 5.16. The highest BCUT2D eigenvalue weighted by atomic mass is 14.9. The minimum Gasteiger partial charge on any atom is -0.383 e. The van der Waals surface area contributed by atoms with E-state index < -0.39 is 0 Å². The Bertz CT molecular complexity index is 2460. The van der Waals surface area contributed by atoms with Gasteiger partial charge in [0, 0.05) is 11.5 Å². The summed E-state index contributed by atoms with van der Waals surface area (Å²) in [5.41, 5.74) is 24.1. The Balaban J connectivity index is 0.000000191. The van der Waals surface area contributed by atoms with Gasteiger partial charge in [-0.25, -0.2) is 4.99 Å². The molecule has 0 heterocycles. The first-order valence-corrected chi connectivity index (χ1v) is 19.8. The van der Waals surface area contributed by atoms with E-state index in [9.17, 15) is 0 Å². The molecule has 9 rings (SSSR count). The zero-order valence-corrected chi connectivity index (χ0v) is 32.0. The molecular weight excluding hydrogens is 665 g/mol. The van der Waals surface area contributed by atoms with Crippen LogP contribution in [0.25, 0.3) is 28.0 Å². The maximum absolute atomic E-state index is 6.07. The first kappa shape index (κ1) is 35.8. The second kappa shape index (κ2) is 15.6. The molecule has 0 saturated carbocycles. The molecule has 270 valence electrons. The van der Waals surface area contributed by atoms with Crippen molar-refractivity contribution in [3.05, 3.63) is 232 Å². The van der Waals surface area contributed by atoms with Crippen LogP contribution in [0.3, 0.4) is 0 Å². The van der Waals surface area contributed by atoms with E-state index >= 15 is 0 Å². The summed E-state index contributed by atoms with van der Waals surface area (Å²) in [5, 5.41) is 0. The van der Waals surface area contributed by atoms with Gasteiger partial charge < -0.3 is 5.73 Å². The summed E-state index contributed by atoms with van der Waals surface area (Å²) in [6, 6.07) is 63.7. The summed E-state index contributed by atoms with van der Waals surface area (Å²) < 4.78 is 0. The molecule has 0 saturated heterocycles. The molecule has 0 radical (unpaired) electrons. The van der Waals surface area contributed by atoms with Crippen LogP contribution < -0.4 is 5.73 Å². The average molecular weight is 713 g/mol. The molecule has 55 heavy (non-hydrogen) atoms. The van der Waals surface area contributed by atoms with Gasteiger partial charge in [0.15, 0.2) is 0 Å². The van der Waals surface area contributed by atoms with Crippen molar-refractivity contribution in [1.82, 2.24) is 0 Å². The molecule has 0 aliphatic heterocycles. The first-order valence-electron chi connectivity index (χ1n) is 19.8. The van der Waals surface area contributed by atoms with Gasteiger partial charge in [0.25, 0.3) is 0 Å². The van der Waals surface area contributed by atoms with Crippen LogP contribution in [0, 0.1) is 0 Å². The summed E-state index contributed by atoms with van der Waals surface area (Å²) in [4.78, 5) is 4.56. The molecule has 0 atom stereocenters. The summed E-state index contributed by atoms with van der Waals surface area (Å²) in [7, 11) is 0. The van der Waals surface area contributed by atoms with Crippen LogP contribution in [-0.4, -0.2) is 5.84 Å². The predicted molar refractivity (Wildman–Crippen MR) is 233 cm³/mol. The third kappa shape index (κ3) is 6.42. The molecule has 0 aromatic heterocycles. The van der Waals surface area contributed by atoms with E-state index in [2.05, 4.69) is 147 Å². The highest BCUT2D eigenvalue weighted by Crippen LogP contribution is 2.61. The number of allylic oxidation sites excluding steroid dienone is 1. The summed E-state index contributed by atoms with van der Waals surface area (Å²) in [5.74, 6) is 0.966. The highest BCUT2D eigenvalue weighted by molar-refractivity contribution is 6.00. The third-order valence-electron chi connectivity index (χ3n) is 11.4. The number of hydrogen-bond donors (Lipinski definition) is 1. The molecule has 2 aliphatic rings. The Morgan fingerprint density at radius 1 is 0.545 bits per heavy atom. The molecule has 2 nitrogen and oxygen atoms in total. The van der Waals surface area contributed by atoms with Crippen molar-refractivity contribution < 1.29 is 0 Å². The SMILES string of the molecule is CC/C=C(\N=C(N)c1ccccc1)c1ccccc1.CCc1cccc(-c2ccc3c(c2)C2(c4ccccc4-3)c3ccccc3C(CC)c3ccccc32)c1. The molecule has 7 aromatic rings. The topological polar surface area (TPSA) is 38.4 Å². The second-order valence-electron chi connectivity index (χ2n) is 14.5. The Morgan fingerprint density at radius 3 is 1.75 bits per heavy atom. The predicted octanol–water partition coefficient (Wildman–Crippen LogP) is 13.0. The van der Waals surface area contributed by atoms with Crippen LogP contribution >= 0.6 is 0 Å². The lowest BCUT2D eigenvalue weighted by Crippen LogP contribution is -2.35. The van der Waals surface area contributed by atoms with Crippen molar-refractivity contribution in [1.29, 1.82) is 0 Å². The lowest BCUT2D eigenvalue weighted by Gasteiger charge is -2.43.